The highest BCUT2D eigenvalue weighted by Gasteiger charge is 2.29. The Morgan fingerprint density at radius 2 is 2.09 bits per heavy atom. The highest BCUT2D eigenvalue weighted by Crippen LogP contribution is 2.23. The van der Waals surface area contributed by atoms with Crippen LogP contribution in [0, 0.1) is 0 Å². The number of benzene rings is 1. The molecule has 0 bridgehead atoms. The minimum atomic E-state index is 0.235. The first-order valence-electron chi connectivity index (χ1n) is 8.35. The first kappa shape index (κ1) is 17.0. The molecule has 1 fully saturated rings. The van der Waals surface area contributed by atoms with Crippen molar-refractivity contribution in [1.29, 1.82) is 0 Å². The summed E-state index contributed by atoms with van der Waals surface area (Å²) in [6.45, 7) is 4.91. The summed E-state index contributed by atoms with van der Waals surface area (Å²) in [5.41, 5.74) is 6.85. The largest absolute Gasteiger partial charge is 0.343 e. The Kier molecular flexibility index (Phi) is 6.40. The zero-order valence-electron chi connectivity index (χ0n) is 13.9. The highest BCUT2D eigenvalue weighted by molar-refractivity contribution is 5.76. The lowest BCUT2D eigenvalue weighted by molar-refractivity contribution is -0.133. The van der Waals surface area contributed by atoms with Gasteiger partial charge >= 0.3 is 0 Å². The maximum atomic E-state index is 12.1. The number of likely N-dealkylation sites (tertiary alicyclic amines) is 1. The van der Waals surface area contributed by atoms with Gasteiger partial charge in [0, 0.05) is 38.6 Å². The SMILES string of the molecule is C[C@H]1C[C@H](N(C)C(=O)CCCN)CCN1Cc1ccccc1. The van der Waals surface area contributed by atoms with Gasteiger partial charge in [0.15, 0.2) is 0 Å². The van der Waals surface area contributed by atoms with E-state index in [0.29, 0.717) is 25.0 Å². The Morgan fingerprint density at radius 1 is 1.36 bits per heavy atom. The molecule has 1 aliphatic rings. The first-order valence-corrected chi connectivity index (χ1v) is 8.35. The Labute approximate surface area is 134 Å². The second-order valence-corrected chi connectivity index (χ2v) is 6.38. The lowest BCUT2D eigenvalue weighted by atomic mass is 9.96. The molecule has 4 nitrogen and oxygen atoms in total. The number of carbonyl (C=O) groups excluding carboxylic acids is 1. The van der Waals surface area contributed by atoms with E-state index in [1.165, 1.54) is 5.56 Å². The average molecular weight is 303 g/mol. The van der Waals surface area contributed by atoms with Gasteiger partial charge in [0.1, 0.15) is 0 Å². The molecule has 122 valence electrons. The van der Waals surface area contributed by atoms with E-state index < -0.39 is 0 Å². The van der Waals surface area contributed by atoms with E-state index in [0.717, 1.165) is 32.4 Å². The number of rotatable bonds is 6. The van der Waals surface area contributed by atoms with Gasteiger partial charge in [-0.3, -0.25) is 9.69 Å². The van der Waals surface area contributed by atoms with E-state index in [9.17, 15) is 4.79 Å². The summed E-state index contributed by atoms with van der Waals surface area (Å²) in [4.78, 5) is 16.6. The zero-order valence-corrected chi connectivity index (χ0v) is 13.9. The summed E-state index contributed by atoms with van der Waals surface area (Å²) in [6, 6.07) is 11.5. The molecule has 0 spiro atoms. The summed E-state index contributed by atoms with van der Waals surface area (Å²) in [5, 5.41) is 0. The van der Waals surface area contributed by atoms with Gasteiger partial charge in [0.05, 0.1) is 0 Å². The monoisotopic (exact) mass is 303 g/mol. The number of nitrogens with zero attached hydrogens (tertiary/aromatic N) is 2. The van der Waals surface area contributed by atoms with Crippen LogP contribution < -0.4 is 5.73 Å². The van der Waals surface area contributed by atoms with E-state index in [1.807, 2.05) is 11.9 Å². The van der Waals surface area contributed by atoms with Crippen LogP contribution in [0.3, 0.4) is 0 Å². The molecule has 0 aliphatic carbocycles. The van der Waals surface area contributed by atoms with E-state index in [2.05, 4.69) is 42.2 Å². The summed E-state index contributed by atoms with van der Waals surface area (Å²) >= 11 is 0. The zero-order chi connectivity index (χ0) is 15.9. The Balaban J connectivity index is 1.85. The molecule has 1 aromatic carbocycles. The molecule has 22 heavy (non-hydrogen) atoms. The summed E-state index contributed by atoms with van der Waals surface area (Å²) in [6.07, 6.45) is 3.47. The molecule has 1 heterocycles. The predicted molar refractivity (Wildman–Crippen MR) is 90.4 cm³/mol. The summed E-state index contributed by atoms with van der Waals surface area (Å²) in [5.74, 6) is 0.235. The van der Waals surface area contributed by atoms with Gasteiger partial charge in [-0.05, 0) is 38.3 Å². The van der Waals surface area contributed by atoms with Gasteiger partial charge in [-0.2, -0.15) is 0 Å². The number of hydrogen-bond donors (Lipinski definition) is 1. The highest BCUT2D eigenvalue weighted by atomic mass is 16.2. The van der Waals surface area contributed by atoms with Gasteiger partial charge in [0.25, 0.3) is 0 Å². The molecule has 1 aromatic rings. The van der Waals surface area contributed by atoms with Crippen LogP contribution in [0.1, 0.15) is 38.2 Å². The molecule has 4 heteroatoms. The van der Waals surface area contributed by atoms with Gasteiger partial charge in [-0.25, -0.2) is 0 Å². The molecule has 0 aromatic heterocycles. The minimum Gasteiger partial charge on any atom is -0.343 e. The number of carbonyl (C=O) groups is 1. The molecule has 0 saturated carbocycles. The number of piperidine rings is 1. The van der Waals surface area contributed by atoms with Crippen LogP contribution in [0.4, 0.5) is 0 Å². The molecule has 1 amide bonds. The van der Waals surface area contributed by atoms with Crippen LogP contribution in [0.5, 0.6) is 0 Å². The van der Waals surface area contributed by atoms with Crippen molar-refractivity contribution >= 4 is 5.91 Å². The number of amides is 1. The van der Waals surface area contributed by atoms with Crippen molar-refractivity contribution in [1.82, 2.24) is 9.80 Å². The predicted octanol–water partition coefficient (Wildman–Crippen LogP) is 2.24. The Morgan fingerprint density at radius 3 is 2.73 bits per heavy atom. The van der Waals surface area contributed by atoms with Crippen LogP contribution in [-0.4, -0.2) is 47.9 Å². The molecule has 0 radical (unpaired) electrons. The maximum Gasteiger partial charge on any atom is 0.222 e. The fourth-order valence-electron chi connectivity index (χ4n) is 3.23. The average Bonchev–Trinajstić information content (AvgIpc) is 2.54. The molecule has 2 rings (SSSR count). The van der Waals surface area contributed by atoms with Gasteiger partial charge < -0.3 is 10.6 Å². The Hall–Kier alpha value is -1.39. The van der Waals surface area contributed by atoms with Crippen molar-refractivity contribution in [3.63, 3.8) is 0 Å². The summed E-state index contributed by atoms with van der Waals surface area (Å²) in [7, 11) is 1.95. The third-order valence-electron chi connectivity index (χ3n) is 4.75. The minimum absolute atomic E-state index is 0.235. The molecular formula is C18H29N3O. The van der Waals surface area contributed by atoms with Crippen molar-refractivity contribution in [2.45, 2.75) is 51.2 Å². The molecular weight excluding hydrogens is 274 g/mol. The standard InChI is InChI=1S/C18H29N3O/c1-15-13-17(20(2)18(22)9-6-11-19)10-12-21(15)14-16-7-4-3-5-8-16/h3-5,7-8,15,17H,6,9-14,19H2,1-2H3/t15-,17+/m0/s1. The van der Waals surface area contributed by atoms with Crippen molar-refractivity contribution in [2.24, 2.45) is 5.73 Å². The molecule has 0 unspecified atom stereocenters. The molecule has 1 aliphatic heterocycles. The number of hydrogen-bond acceptors (Lipinski definition) is 3. The molecule has 2 N–H and O–H groups in total. The van der Waals surface area contributed by atoms with Crippen LogP contribution in [-0.2, 0) is 11.3 Å². The van der Waals surface area contributed by atoms with Crippen LogP contribution in [0.2, 0.25) is 0 Å². The van der Waals surface area contributed by atoms with Crippen molar-refractivity contribution < 1.29 is 4.79 Å². The van der Waals surface area contributed by atoms with E-state index in [1.54, 1.807) is 0 Å². The lowest BCUT2D eigenvalue weighted by Gasteiger charge is -2.41. The summed E-state index contributed by atoms with van der Waals surface area (Å²) < 4.78 is 0. The van der Waals surface area contributed by atoms with Crippen molar-refractivity contribution in [3.05, 3.63) is 35.9 Å². The maximum absolute atomic E-state index is 12.1. The van der Waals surface area contributed by atoms with E-state index in [-0.39, 0.29) is 5.91 Å². The number of nitrogens with two attached hydrogens (primary N) is 1. The van der Waals surface area contributed by atoms with Crippen LogP contribution in [0.25, 0.3) is 0 Å². The second-order valence-electron chi connectivity index (χ2n) is 6.38. The van der Waals surface area contributed by atoms with Crippen molar-refractivity contribution in [2.75, 3.05) is 20.1 Å². The fourth-order valence-corrected chi connectivity index (χ4v) is 3.23. The first-order chi connectivity index (χ1) is 10.6. The second kappa shape index (κ2) is 8.30. The Bertz CT molecular complexity index is 463. The van der Waals surface area contributed by atoms with Crippen molar-refractivity contribution in [3.8, 4) is 0 Å². The van der Waals surface area contributed by atoms with Crippen LogP contribution >= 0.6 is 0 Å². The topological polar surface area (TPSA) is 49.6 Å². The third kappa shape index (κ3) is 4.55. The molecule has 1 saturated heterocycles. The smallest absolute Gasteiger partial charge is 0.222 e. The lowest BCUT2D eigenvalue weighted by Crippen LogP contribution is -2.49. The van der Waals surface area contributed by atoms with E-state index >= 15 is 0 Å². The normalized spacial score (nSPS) is 22.5. The van der Waals surface area contributed by atoms with Gasteiger partial charge in [-0.1, -0.05) is 30.3 Å². The van der Waals surface area contributed by atoms with Gasteiger partial charge in [0.2, 0.25) is 5.91 Å². The third-order valence-corrected chi connectivity index (χ3v) is 4.75. The quantitative estimate of drug-likeness (QED) is 0.877. The van der Waals surface area contributed by atoms with E-state index in [4.69, 9.17) is 5.73 Å². The van der Waals surface area contributed by atoms with Gasteiger partial charge in [-0.15, -0.1) is 0 Å². The van der Waals surface area contributed by atoms with Crippen LogP contribution in [0.15, 0.2) is 30.3 Å². The molecule has 2 atom stereocenters. The fraction of sp³-hybridized carbons (Fsp3) is 0.611.